The molecule has 2 aromatic heterocycles. The summed E-state index contributed by atoms with van der Waals surface area (Å²) in [6.45, 7) is 14.0. The van der Waals surface area contributed by atoms with Crippen LogP contribution >= 0.6 is 23.1 Å². The lowest BCUT2D eigenvalue weighted by molar-refractivity contribution is -0.115. The summed E-state index contributed by atoms with van der Waals surface area (Å²) in [4.78, 5) is 23.5. The summed E-state index contributed by atoms with van der Waals surface area (Å²) >= 11 is 3.01. The minimum Gasteiger partial charge on any atom is -0.274 e. The standard InChI is InChI=1S/C21H27N5OS2/c1-12-8-13(2)17(14(3)9-12)26(15(4)27)20-22-16(11-29-20)10-28-19-23-18(24-25-19)21(5,6)7/h8-9,11H,10H2,1-7H3,(H,23,24,25). The number of hydrogen-bond acceptors (Lipinski definition) is 6. The maximum absolute atomic E-state index is 12.5. The molecule has 0 saturated heterocycles. The van der Waals surface area contributed by atoms with Gasteiger partial charge in [-0.2, -0.15) is 0 Å². The van der Waals surface area contributed by atoms with Gasteiger partial charge >= 0.3 is 0 Å². The number of nitrogens with one attached hydrogen (secondary N) is 1. The smallest absolute Gasteiger partial charge is 0.230 e. The van der Waals surface area contributed by atoms with Crippen LogP contribution in [0, 0.1) is 20.8 Å². The lowest BCUT2D eigenvalue weighted by Gasteiger charge is -2.23. The number of anilines is 2. The van der Waals surface area contributed by atoms with Crippen LogP contribution in [-0.2, 0) is 16.0 Å². The number of benzene rings is 1. The fraction of sp³-hybridized carbons (Fsp3) is 0.429. The second-order valence-electron chi connectivity index (χ2n) is 8.23. The highest BCUT2D eigenvalue weighted by Gasteiger charge is 2.22. The van der Waals surface area contributed by atoms with Gasteiger partial charge in [-0.05, 0) is 31.9 Å². The molecule has 0 atom stereocenters. The molecule has 1 aromatic carbocycles. The van der Waals surface area contributed by atoms with E-state index < -0.39 is 0 Å². The molecule has 2 heterocycles. The molecule has 6 nitrogen and oxygen atoms in total. The van der Waals surface area contributed by atoms with Crippen LogP contribution in [0.15, 0.2) is 22.7 Å². The highest BCUT2D eigenvalue weighted by atomic mass is 32.2. The Morgan fingerprint density at radius 2 is 1.83 bits per heavy atom. The highest BCUT2D eigenvalue weighted by Crippen LogP contribution is 2.35. The van der Waals surface area contributed by atoms with Crippen molar-refractivity contribution in [1.82, 2.24) is 20.2 Å². The van der Waals surface area contributed by atoms with Crippen LogP contribution in [0.3, 0.4) is 0 Å². The summed E-state index contributed by atoms with van der Waals surface area (Å²) in [6.07, 6.45) is 0. The van der Waals surface area contributed by atoms with Crippen LogP contribution in [0.4, 0.5) is 10.8 Å². The fourth-order valence-corrected chi connectivity index (χ4v) is 4.83. The zero-order valence-electron chi connectivity index (χ0n) is 18.0. The van der Waals surface area contributed by atoms with Crippen molar-refractivity contribution in [2.75, 3.05) is 4.90 Å². The Kier molecular flexibility index (Phi) is 6.14. The van der Waals surface area contributed by atoms with Crippen molar-refractivity contribution < 1.29 is 4.79 Å². The summed E-state index contributed by atoms with van der Waals surface area (Å²) in [5.74, 6) is 1.47. The molecular formula is C21H27N5OS2. The van der Waals surface area contributed by atoms with E-state index in [4.69, 9.17) is 4.98 Å². The Morgan fingerprint density at radius 1 is 1.17 bits per heavy atom. The maximum atomic E-state index is 12.5. The minimum absolute atomic E-state index is 0.0441. The van der Waals surface area contributed by atoms with Crippen molar-refractivity contribution in [1.29, 1.82) is 0 Å². The molecule has 8 heteroatoms. The minimum atomic E-state index is -0.0641. The SMILES string of the molecule is CC(=O)N(c1nc(CSc2n[nH]c(C(C)(C)C)n2)cs1)c1c(C)cc(C)cc1C. The van der Waals surface area contributed by atoms with Gasteiger partial charge in [-0.3, -0.25) is 14.8 Å². The molecule has 0 bridgehead atoms. The first-order chi connectivity index (χ1) is 13.6. The number of aromatic amines is 1. The van der Waals surface area contributed by atoms with E-state index >= 15 is 0 Å². The van der Waals surface area contributed by atoms with Crippen molar-refractivity contribution in [3.05, 3.63) is 45.7 Å². The summed E-state index contributed by atoms with van der Waals surface area (Å²) < 4.78 is 0. The van der Waals surface area contributed by atoms with Crippen LogP contribution < -0.4 is 4.90 Å². The van der Waals surface area contributed by atoms with Gasteiger partial charge in [-0.25, -0.2) is 9.97 Å². The first kappa shape index (κ1) is 21.5. The molecule has 0 fully saturated rings. The molecule has 0 unspecified atom stereocenters. The summed E-state index contributed by atoms with van der Waals surface area (Å²) in [7, 11) is 0. The zero-order valence-corrected chi connectivity index (χ0v) is 19.6. The highest BCUT2D eigenvalue weighted by molar-refractivity contribution is 7.98. The average Bonchev–Trinajstić information content (AvgIpc) is 3.24. The first-order valence-electron chi connectivity index (χ1n) is 9.45. The number of carbonyl (C=O) groups excluding carboxylic acids is 1. The topological polar surface area (TPSA) is 74.8 Å². The van der Waals surface area contributed by atoms with Gasteiger partial charge in [0, 0.05) is 23.5 Å². The van der Waals surface area contributed by atoms with E-state index in [-0.39, 0.29) is 11.3 Å². The molecule has 0 spiro atoms. The van der Waals surface area contributed by atoms with Gasteiger partial charge in [-0.15, -0.1) is 16.4 Å². The van der Waals surface area contributed by atoms with E-state index in [0.29, 0.717) is 16.0 Å². The third kappa shape index (κ3) is 4.87. The number of aromatic nitrogens is 4. The average molecular weight is 430 g/mol. The Hall–Kier alpha value is -2.19. The molecule has 3 rings (SSSR count). The maximum Gasteiger partial charge on any atom is 0.230 e. The van der Waals surface area contributed by atoms with Crippen LogP contribution in [0.5, 0.6) is 0 Å². The van der Waals surface area contributed by atoms with Crippen LogP contribution in [0.2, 0.25) is 0 Å². The molecule has 1 N–H and O–H groups in total. The number of rotatable bonds is 5. The lowest BCUT2D eigenvalue weighted by atomic mass is 9.96. The largest absolute Gasteiger partial charge is 0.274 e. The molecular weight excluding hydrogens is 402 g/mol. The lowest BCUT2D eigenvalue weighted by Crippen LogP contribution is -2.24. The number of thioether (sulfide) groups is 1. The third-order valence-electron chi connectivity index (χ3n) is 4.43. The monoisotopic (exact) mass is 429 g/mol. The summed E-state index contributed by atoms with van der Waals surface area (Å²) in [5, 5.41) is 10.7. The van der Waals surface area contributed by atoms with Crippen molar-refractivity contribution in [2.45, 2.75) is 64.8 Å². The third-order valence-corrected chi connectivity index (χ3v) is 6.18. The van der Waals surface area contributed by atoms with Gasteiger partial charge in [0.2, 0.25) is 11.1 Å². The summed E-state index contributed by atoms with van der Waals surface area (Å²) in [5.41, 5.74) is 5.08. The van der Waals surface area contributed by atoms with E-state index in [1.807, 2.05) is 19.2 Å². The van der Waals surface area contributed by atoms with Crippen molar-refractivity contribution in [2.24, 2.45) is 0 Å². The first-order valence-corrected chi connectivity index (χ1v) is 11.3. The molecule has 154 valence electrons. The molecule has 0 aliphatic rings. The van der Waals surface area contributed by atoms with E-state index in [1.54, 1.807) is 11.8 Å². The normalized spacial score (nSPS) is 11.7. The Balaban J connectivity index is 1.80. The van der Waals surface area contributed by atoms with E-state index in [1.165, 1.54) is 28.7 Å². The summed E-state index contributed by atoms with van der Waals surface area (Å²) in [6, 6.07) is 4.19. The molecule has 0 aliphatic heterocycles. The van der Waals surface area contributed by atoms with Crippen LogP contribution in [-0.4, -0.2) is 26.1 Å². The number of H-pyrrole nitrogens is 1. The van der Waals surface area contributed by atoms with Crippen LogP contribution in [0.1, 0.15) is 55.9 Å². The molecule has 29 heavy (non-hydrogen) atoms. The Bertz CT molecular complexity index is 1010. The van der Waals surface area contributed by atoms with Crippen molar-refractivity contribution >= 4 is 39.8 Å². The van der Waals surface area contributed by atoms with Gasteiger partial charge in [0.1, 0.15) is 5.82 Å². The molecule has 0 radical (unpaired) electrons. The predicted molar refractivity (Wildman–Crippen MR) is 120 cm³/mol. The van der Waals surface area contributed by atoms with Crippen LogP contribution in [0.25, 0.3) is 0 Å². The number of thiazole rings is 1. The number of carbonyl (C=O) groups is 1. The van der Waals surface area contributed by atoms with Gasteiger partial charge in [0.25, 0.3) is 0 Å². The molecule has 1 amide bonds. The quantitative estimate of drug-likeness (QED) is 0.545. The predicted octanol–water partition coefficient (Wildman–Crippen LogP) is 5.46. The van der Waals surface area contributed by atoms with Crippen molar-refractivity contribution in [3.63, 3.8) is 0 Å². The van der Waals surface area contributed by atoms with E-state index in [2.05, 4.69) is 55.0 Å². The van der Waals surface area contributed by atoms with E-state index in [0.717, 1.165) is 28.3 Å². The zero-order chi connectivity index (χ0) is 21.3. The molecule has 3 aromatic rings. The number of nitrogens with zero attached hydrogens (tertiary/aromatic N) is 4. The molecule has 0 aliphatic carbocycles. The second-order valence-corrected chi connectivity index (χ2v) is 10.0. The Morgan fingerprint density at radius 3 is 2.38 bits per heavy atom. The second kappa shape index (κ2) is 8.28. The number of aryl methyl sites for hydroxylation is 3. The van der Waals surface area contributed by atoms with Gasteiger partial charge < -0.3 is 0 Å². The van der Waals surface area contributed by atoms with Gasteiger partial charge in [0.05, 0.1) is 11.4 Å². The van der Waals surface area contributed by atoms with Gasteiger partial charge in [-0.1, -0.05) is 50.2 Å². The Labute approximate surface area is 180 Å². The van der Waals surface area contributed by atoms with Crippen molar-refractivity contribution in [3.8, 4) is 0 Å². The van der Waals surface area contributed by atoms with Gasteiger partial charge in [0.15, 0.2) is 5.13 Å². The fourth-order valence-electron chi connectivity index (χ4n) is 3.16. The molecule has 0 saturated carbocycles. The van der Waals surface area contributed by atoms with E-state index in [9.17, 15) is 4.79 Å². The number of hydrogen-bond donors (Lipinski definition) is 1. The number of amides is 1.